The largest absolute Gasteiger partial charge is 0.329 e. The number of hydrogen-bond donors (Lipinski definition) is 1. The second kappa shape index (κ2) is 9.94. The average Bonchev–Trinajstić information content (AvgIpc) is 2.47. The van der Waals surface area contributed by atoms with Gasteiger partial charge in [0, 0.05) is 11.5 Å². The third kappa shape index (κ3) is 7.78. The van der Waals surface area contributed by atoms with Gasteiger partial charge in [-0.3, -0.25) is 4.57 Å². The van der Waals surface area contributed by atoms with E-state index in [4.69, 9.17) is 0 Å². The SMILES string of the molecule is CCCCC(CC)CSP(=O)(O)SCc1ccccc1. The molecule has 1 aromatic carbocycles. The fourth-order valence-electron chi connectivity index (χ4n) is 1.87. The van der Waals surface area contributed by atoms with E-state index >= 15 is 0 Å². The topological polar surface area (TPSA) is 37.3 Å². The Morgan fingerprint density at radius 1 is 1.20 bits per heavy atom. The minimum absolute atomic E-state index is 0.567. The van der Waals surface area contributed by atoms with Crippen molar-refractivity contribution in [3.63, 3.8) is 0 Å². The van der Waals surface area contributed by atoms with Crippen LogP contribution in [0.2, 0.25) is 0 Å². The number of rotatable bonds is 10. The van der Waals surface area contributed by atoms with E-state index in [0.29, 0.717) is 11.7 Å². The van der Waals surface area contributed by atoms with Crippen LogP contribution in [0.15, 0.2) is 30.3 Å². The van der Waals surface area contributed by atoms with E-state index < -0.39 is 5.77 Å². The highest BCUT2D eigenvalue weighted by Gasteiger charge is 2.21. The van der Waals surface area contributed by atoms with Crippen molar-refractivity contribution >= 4 is 28.5 Å². The van der Waals surface area contributed by atoms with E-state index in [1.165, 1.54) is 42.0 Å². The van der Waals surface area contributed by atoms with Crippen molar-refractivity contribution in [1.82, 2.24) is 0 Å². The molecular weight excluding hydrogens is 307 g/mol. The van der Waals surface area contributed by atoms with Gasteiger partial charge in [-0.15, -0.1) is 0 Å². The van der Waals surface area contributed by atoms with Crippen LogP contribution in [0.25, 0.3) is 0 Å². The molecule has 0 heterocycles. The van der Waals surface area contributed by atoms with Crippen molar-refractivity contribution in [1.29, 1.82) is 0 Å². The molecule has 0 amide bonds. The second-order valence-corrected chi connectivity index (χ2v) is 12.2. The molecular formula is C15H25O2PS2. The van der Waals surface area contributed by atoms with Gasteiger partial charge >= 0.3 is 5.77 Å². The minimum Gasteiger partial charge on any atom is -0.329 e. The molecule has 0 saturated heterocycles. The van der Waals surface area contributed by atoms with Crippen molar-refractivity contribution in [2.45, 2.75) is 45.3 Å². The van der Waals surface area contributed by atoms with Gasteiger partial charge < -0.3 is 4.89 Å². The van der Waals surface area contributed by atoms with E-state index in [1.54, 1.807) is 0 Å². The average molecular weight is 332 g/mol. The lowest BCUT2D eigenvalue weighted by molar-refractivity contribution is 0.497. The third-order valence-electron chi connectivity index (χ3n) is 3.25. The third-order valence-corrected chi connectivity index (χ3v) is 9.68. The summed E-state index contributed by atoms with van der Waals surface area (Å²) < 4.78 is 12.2. The van der Waals surface area contributed by atoms with Crippen LogP contribution < -0.4 is 0 Å². The van der Waals surface area contributed by atoms with Crippen LogP contribution >= 0.6 is 28.5 Å². The predicted octanol–water partition coefficient (Wildman–Crippen LogP) is 5.97. The van der Waals surface area contributed by atoms with Crippen molar-refractivity contribution < 1.29 is 9.46 Å². The molecule has 20 heavy (non-hydrogen) atoms. The standard InChI is InChI=1S/C15H25O2PS2/c1-3-5-9-14(4-2)12-19-18(16,17)20-13-15-10-7-6-8-11-15/h6-8,10-11,14H,3-5,9,12-13H2,1-2H3,(H,16,17). The quantitative estimate of drug-likeness (QED) is 0.536. The van der Waals surface area contributed by atoms with Crippen LogP contribution in [-0.2, 0) is 10.3 Å². The first kappa shape index (κ1) is 18.2. The summed E-state index contributed by atoms with van der Waals surface area (Å²) in [5, 5.41) is 0. The van der Waals surface area contributed by atoms with Crippen LogP contribution in [0, 0.1) is 5.92 Å². The van der Waals surface area contributed by atoms with Gasteiger partial charge in [0.25, 0.3) is 0 Å². The molecule has 1 rings (SSSR count). The lowest BCUT2D eigenvalue weighted by atomic mass is 10.0. The van der Waals surface area contributed by atoms with Crippen LogP contribution in [0.1, 0.15) is 45.1 Å². The first-order valence-corrected chi connectivity index (χ1v) is 12.1. The highest BCUT2D eigenvalue weighted by atomic mass is 33.1. The normalized spacial score (nSPS) is 15.8. The van der Waals surface area contributed by atoms with Crippen LogP contribution in [0.5, 0.6) is 0 Å². The van der Waals surface area contributed by atoms with Gasteiger partial charge in [-0.05, 0) is 17.9 Å². The molecule has 0 aliphatic heterocycles. The molecule has 114 valence electrons. The minimum atomic E-state index is -3.12. The smallest absolute Gasteiger partial charge is 0.310 e. The van der Waals surface area contributed by atoms with Gasteiger partial charge in [0.05, 0.1) is 0 Å². The number of hydrogen-bond acceptors (Lipinski definition) is 3. The Morgan fingerprint density at radius 3 is 2.50 bits per heavy atom. The molecule has 0 saturated carbocycles. The summed E-state index contributed by atoms with van der Waals surface area (Å²) in [6, 6.07) is 9.87. The molecule has 0 fully saturated rings. The van der Waals surface area contributed by atoms with Gasteiger partial charge in [0.2, 0.25) is 0 Å². The second-order valence-electron chi connectivity index (χ2n) is 4.94. The Hall–Kier alpha value is 0.110. The van der Waals surface area contributed by atoms with Gasteiger partial charge in [0.15, 0.2) is 0 Å². The maximum absolute atomic E-state index is 12.2. The van der Waals surface area contributed by atoms with E-state index in [2.05, 4.69) is 13.8 Å². The lowest BCUT2D eigenvalue weighted by Crippen LogP contribution is -2.01. The zero-order valence-electron chi connectivity index (χ0n) is 12.3. The van der Waals surface area contributed by atoms with Crippen molar-refractivity contribution in [2.75, 3.05) is 5.75 Å². The van der Waals surface area contributed by atoms with E-state index in [1.807, 2.05) is 30.3 Å². The first-order chi connectivity index (χ1) is 9.57. The van der Waals surface area contributed by atoms with Gasteiger partial charge in [-0.1, -0.05) is 86.2 Å². The predicted molar refractivity (Wildman–Crippen MR) is 93.3 cm³/mol. The molecule has 2 unspecified atom stereocenters. The summed E-state index contributed by atoms with van der Waals surface area (Å²) in [4.78, 5) is 10.0. The summed E-state index contributed by atoms with van der Waals surface area (Å²) >= 11 is 2.44. The highest BCUT2D eigenvalue weighted by Crippen LogP contribution is 2.66. The van der Waals surface area contributed by atoms with Crippen LogP contribution in [-0.4, -0.2) is 10.6 Å². The molecule has 0 aromatic heterocycles. The van der Waals surface area contributed by atoms with E-state index in [0.717, 1.165) is 17.7 Å². The summed E-state index contributed by atoms with van der Waals surface area (Å²) in [6.45, 7) is 4.35. The van der Waals surface area contributed by atoms with Gasteiger partial charge in [0.1, 0.15) is 0 Å². The lowest BCUT2D eigenvalue weighted by Gasteiger charge is -2.16. The summed E-state index contributed by atoms with van der Waals surface area (Å²) in [6.07, 6.45) is 4.67. The first-order valence-electron chi connectivity index (χ1n) is 7.23. The van der Waals surface area contributed by atoms with E-state index in [-0.39, 0.29) is 0 Å². The molecule has 1 aromatic rings. The molecule has 0 aliphatic rings. The zero-order chi connectivity index (χ0) is 14.8. The maximum Gasteiger partial charge on any atom is 0.310 e. The van der Waals surface area contributed by atoms with E-state index in [9.17, 15) is 9.46 Å². The zero-order valence-corrected chi connectivity index (χ0v) is 14.9. The molecule has 0 radical (unpaired) electrons. The molecule has 2 nitrogen and oxygen atoms in total. The number of unbranched alkanes of at least 4 members (excludes halogenated alkanes) is 1. The highest BCUT2D eigenvalue weighted by molar-refractivity contribution is 8.88. The Bertz CT molecular complexity index is 412. The molecule has 0 spiro atoms. The van der Waals surface area contributed by atoms with Crippen molar-refractivity contribution in [3.05, 3.63) is 35.9 Å². The molecule has 0 aliphatic carbocycles. The van der Waals surface area contributed by atoms with Crippen molar-refractivity contribution in [3.8, 4) is 0 Å². The van der Waals surface area contributed by atoms with Crippen molar-refractivity contribution in [2.24, 2.45) is 5.92 Å². The Morgan fingerprint density at radius 2 is 1.90 bits per heavy atom. The van der Waals surface area contributed by atoms with Gasteiger partial charge in [-0.25, -0.2) is 0 Å². The molecule has 5 heteroatoms. The summed E-state index contributed by atoms with van der Waals surface area (Å²) in [7, 11) is 0. The number of benzene rings is 1. The Labute approximate surface area is 131 Å². The Kier molecular flexibility index (Phi) is 9.03. The summed E-state index contributed by atoms with van der Waals surface area (Å²) in [5.41, 5.74) is 1.10. The van der Waals surface area contributed by atoms with Crippen LogP contribution in [0.4, 0.5) is 0 Å². The maximum atomic E-state index is 12.2. The molecule has 0 bridgehead atoms. The Balaban J connectivity index is 2.35. The monoisotopic (exact) mass is 332 g/mol. The molecule has 2 atom stereocenters. The fraction of sp³-hybridized carbons (Fsp3) is 0.600. The molecule has 1 N–H and O–H groups in total. The fourth-order valence-corrected chi connectivity index (χ4v) is 7.30. The van der Waals surface area contributed by atoms with Gasteiger partial charge in [-0.2, -0.15) is 0 Å². The van der Waals surface area contributed by atoms with Crippen LogP contribution in [0.3, 0.4) is 0 Å². The summed E-state index contributed by atoms with van der Waals surface area (Å²) in [5.74, 6) is -1.15.